The molecule has 0 aromatic heterocycles. The molecule has 3 aliphatic carbocycles. The highest BCUT2D eigenvalue weighted by Crippen LogP contribution is 2.64. The molecule has 1 nitrogen and oxygen atoms in total. The number of fused-ring (bicyclic) bond motifs is 12. The van der Waals surface area contributed by atoms with E-state index in [1.165, 1.54) is 89.3 Å². The molecule has 0 radical (unpaired) electrons. The topological polar surface area (TPSA) is 3.24 Å². The molecule has 3 aliphatic rings. The van der Waals surface area contributed by atoms with E-state index in [9.17, 15) is 0 Å². The molecule has 0 atom stereocenters. The van der Waals surface area contributed by atoms with Crippen molar-refractivity contribution in [1.29, 1.82) is 0 Å². The molecule has 55 heavy (non-hydrogen) atoms. The summed E-state index contributed by atoms with van der Waals surface area (Å²) in [4.78, 5) is 2.37. The lowest BCUT2D eigenvalue weighted by atomic mass is 9.51. The first-order valence-electron chi connectivity index (χ1n) is 19.5. The fourth-order valence-electron chi connectivity index (χ4n) is 10.8. The van der Waals surface area contributed by atoms with Gasteiger partial charge in [0.05, 0.1) is 10.8 Å². The van der Waals surface area contributed by atoms with Gasteiger partial charge < -0.3 is 4.90 Å². The molecule has 8 aromatic rings. The molecule has 0 bridgehead atoms. The highest BCUT2D eigenvalue weighted by atomic mass is 15.1. The van der Waals surface area contributed by atoms with E-state index in [2.05, 4.69) is 220 Å². The van der Waals surface area contributed by atoms with Gasteiger partial charge in [-0.1, -0.05) is 184 Å². The molecule has 0 saturated carbocycles. The molecule has 1 spiro atoms. The minimum atomic E-state index is -0.500. The van der Waals surface area contributed by atoms with Crippen molar-refractivity contribution >= 4 is 11.4 Å². The average molecular weight is 704 g/mol. The molecule has 0 saturated heterocycles. The van der Waals surface area contributed by atoms with Crippen LogP contribution in [0.3, 0.4) is 0 Å². The maximum atomic E-state index is 2.44. The van der Waals surface area contributed by atoms with E-state index in [4.69, 9.17) is 0 Å². The van der Waals surface area contributed by atoms with Gasteiger partial charge in [0, 0.05) is 23.8 Å². The molecule has 1 heteroatoms. The number of anilines is 2. The standard InChI is InChI=1S/C54H41N/c1-52(2)44-24-12-10-22-40(44)42-32-30-39(35-51(42)52)55(3)38-31-33-46-43(34-38)41-23-11-13-25-45(41)54(46)49-28-16-14-26-47(49)53(36-18-6-4-7-19-36,37-20-8-5-9-21-37)48-27-15-17-29-50(48)54/h4-35H,1-3H3. The van der Waals surface area contributed by atoms with Crippen LogP contribution in [0.2, 0.25) is 0 Å². The van der Waals surface area contributed by atoms with Crippen molar-refractivity contribution in [3.63, 3.8) is 0 Å². The summed E-state index contributed by atoms with van der Waals surface area (Å²) in [6, 6.07) is 73.1. The predicted molar refractivity (Wildman–Crippen MR) is 228 cm³/mol. The number of benzene rings is 8. The molecule has 8 aromatic carbocycles. The molecular formula is C54H41N. The molecule has 0 fully saturated rings. The lowest BCUT2D eigenvalue weighted by Gasteiger charge is -2.50. The van der Waals surface area contributed by atoms with Crippen LogP contribution in [0, 0.1) is 0 Å². The van der Waals surface area contributed by atoms with E-state index in [-0.39, 0.29) is 5.41 Å². The monoisotopic (exact) mass is 703 g/mol. The average Bonchev–Trinajstić information content (AvgIpc) is 3.67. The summed E-state index contributed by atoms with van der Waals surface area (Å²) in [7, 11) is 2.22. The molecule has 0 amide bonds. The normalized spacial score (nSPS) is 15.6. The zero-order valence-electron chi connectivity index (χ0n) is 31.4. The molecule has 0 heterocycles. The summed E-state index contributed by atoms with van der Waals surface area (Å²) in [6.07, 6.45) is 0. The second kappa shape index (κ2) is 11.5. The predicted octanol–water partition coefficient (Wildman–Crippen LogP) is 12.8. The van der Waals surface area contributed by atoms with Crippen molar-refractivity contribution in [3.8, 4) is 22.3 Å². The van der Waals surface area contributed by atoms with Gasteiger partial charge in [0.25, 0.3) is 0 Å². The van der Waals surface area contributed by atoms with Gasteiger partial charge in [-0.2, -0.15) is 0 Å². The number of hydrogen-bond acceptors (Lipinski definition) is 1. The van der Waals surface area contributed by atoms with Gasteiger partial charge in [0.2, 0.25) is 0 Å². The Labute approximate surface area is 324 Å². The Morgan fingerprint density at radius 1 is 0.309 bits per heavy atom. The van der Waals surface area contributed by atoms with E-state index in [1.807, 2.05) is 0 Å². The van der Waals surface area contributed by atoms with Crippen LogP contribution in [0.5, 0.6) is 0 Å². The van der Waals surface area contributed by atoms with Gasteiger partial charge in [-0.25, -0.2) is 0 Å². The second-order valence-electron chi connectivity index (χ2n) is 16.1. The Morgan fingerprint density at radius 2 is 0.709 bits per heavy atom. The first kappa shape index (κ1) is 32.0. The lowest BCUT2D eigenvalue weighted by molar-refractivity contribution is 0.623. The van der Waals surface area contributed by atoms with Crippen molar-refractivity contribution < 1.29 is 0 Å². The minimum Gasteiger partial charge on any atom is -0.345 e. The second-order valence-corrected chi connectivity index (χ2v) is 16.1. The van der Waals surface area contributed by atoms with E-state index in [0.29, 0.717) is 0 Å². The fourth-order valence-corrected chi connectivity index (χ4v) is 10.8. The quantitative estimate of drug-likeness (QED) is 0.176. The molecule has 0 unspecified atom stereocenters. The van der Waals surface area contributed by atoms with E-state index >= 15 is 0 Å². The van der Waals surface area contributed by atoms with Crippen LogP contribution >= 0.6 is 0 Å². The lowest BCUT2D eigenvalue weighted by Crippen LogP contribution is -2.44. The third-order valence-electron chi connectivity index (χ3n) is 13.3. The van der Waals surface area contributed by atoms with Crippen LogP contribution in [-0.2, 0) is 16.2 Å². The summed E-state index contributed by atoms with van der Waals surface area (Å²) in [5.41, 5.74) is 20.0. The van der Waals surface area contributed by atoms with Crippen LogP contribution in [0.4, 0.5) is 11.4 Å². The van der Waals surface area contributed by atoms with Gasteiger partial charge in [-0.15, -0.1) is 0 Å². The Morgan fingerprint density at radius 3 is 1.29 bits per heavy atom. The molecular weight excluding hydrogens is 663 g/mol. The van der Waals surface area contributed by atoms with E-state index in [0.717, 1.165) is 0 Å². The van der Waals surface area contributed by atoms with Crippen LogP contribution < -0.4 is 4.90 Å². The maximum Gasteiger partial charge on any atom is 0.0720 e. The Kier molecular flexibility index (Phi) is 6.72. The largest absolute Gasteiger partial charge is 0.345 e. The Hall–Kier alpha value is -6.44. The fraction of sp³-hybridized carbons (Fsp3) is 0.111. The molecule has 0 aliphatic heterocycles. The summed E-state index contributed by atoms with van der Waals surface area (Å²) in [5.74, 6) is 0. The summed E-state index contributed by atoms with van der Waals surface area (Å²) < 4.78 is 0. The first-order valence-corrected chi connectivity index (χ1v) is 19.5. The summed E-state index contributed by atoms with van der Waals surface area (Å²) >= 11 is 0. The Balaban J connectivity index is 1.14. The van der Waals surface area contributed by atoms with Gasteiger partial charge >= 0.3 is 0 Å². The maximum absolute atomic E-state index is 2.44. The minimum absolute atomic E-state index is 0.0531. The summed E-state index contributed by atoms with van der Waals surface area (Å²) in [6.45, 7) is 4.72. The van der Waals surface area contributed by atoms with Crippen LogP contribution in [0.15, 0.2) is 194 Å². The first-order chi connectivity index (χ1) is 27.0. The van der Waals surface area contributed by atoms with E-state index < -0.39 is 10.8 Å². The van der Waals surface area contributed by atoms with Gasteiger partial charge in [-0.05, 0) is 102 Å². The van der Waals surface area contributed by atoms with Crippen LogP contribution in [0.1, 0.15) is 69.5 Å². The third kappa shape index (κ3) is 4.08. The highest BCUT2D eigenvalue weighted by Gasteiger charge is 2.56. The van der Waals surface area contributed by atoms with Crippen LogP contribution in [-0.4, -0.2) is 7.05 Å². The zero-order chi connectivity index (χ0) is 36.9. The zero-order valence-corrected chi connectivity index (χ0v) is 31.4. The molecule has 262 valence electrons. The number of hydrogen-bond donors (Lipinski definition) is 0. The van der Waals surface area contributed by atoms with Gasteiger partial charge in [0.15, 0.2) is 0 Å². The van der Waals surface area contributed by atoms with Gasteiger partial charge in [-0.3, -0.25) is 0 Å². The van der Waals surface area contributed by atoms with Crippen LogP contribution in [0.25, 0.3) is 22.3 Å². The highest BCUT2D eigenvalue weighted by molar-refractivity contribution is 5.92. The smallest absolute Gasteiger partial charge is 0.0720 e. The summed E-state index contributed by atoms with van der Waals surface area (Å²) in [5, 5.41) is 0. The number of nitrogens with zero attached hydrogens (tertiary/aromatic N) is 1. The van der Waals surface area contributed by atoms with Crippen molar-refractivity contribution in [2.45, 2.75) is 30.1 Å². The number of rotatable bonds is 4. The Bertz CT molecular complexity index is 2720. The van der Waals surface area contributed by atoms with Crippen molar-refractivity contribution in [1.82, 2.24) is 0 Å². The third-order valence-corrected chi connectivity index (χ3v) is 13.3. The van der Waals surface area contributed by atoms with Gasteiger partial charge in [0.1, 0.15) is 0 Å². The van der Waals surface area contributed by atoms with Crippen molar-refractivity contribution in [2.75, 3.05) is 11.9 Å². The molecule has 11 rings (SSSR count). The van der Waals surface area contributed by atoms with Crippen molar-refractivity contribution in [3.05, 3.63) is 250 Å². The van der Waals surface area contributed by atoms with E-state index in [1.54, 1.807) is 0 Å². The molecule has 0 N–H and O–H groups in total. The van der Waals surface area contributed by atoms with Crippen molar-refractivity contribution in [2.24, 2.45) is 0 Å². The SMILES string of the molecule is CN(c1ccc2c(c1)-c1ccccc1C21c2ccccc2C(c2ccccc2)(c2ccccc2)c2ccccc21)c1ccc2c(c1)C(C)(C)c1ccccc1-2.